The highest BCUT2D eigenvalue weighted by atomic mass is 16.5. The molecule has 0 fully saturated rings. The lowest BCUT2D eigenvalue weighted by molar-refractivity contribution is -0.112. The van der Waals surface area contributed by atoms with Gasteiger partial charge in [0.25, 0.3) is 0 Å². The van der Waals surface area contributed by atoms with Gasteiger partial charge in [0.2, 0.25) is 0 Å². The van der Waals surface area contributed by atoms with E-state index in [0.717, 1.165) is 25.7 Å². The van der Waals surface area contributed by atoms with Crippen molar-refractivity contribution in [2.45, 2.75) is 19.8 Å². The van der Waals surface area contributed by atoms with Crippen LogP contribution in [0.4, 0.5) is 0 Å². The molecule has 0 rings (SSSR count). The van der Waals surface area contributed by atoms with Crippen molar-refractivity contribution in [1.82, 2.24) is 0 Å². The predicted molar refractivity (Wildman–Crippen MR) is 42.6 cm³/mol. The number of aldehydes is 1. The normalized spacial score (nSPS) is 9.91. The number of rotatable bonds is 8. The van der Waals surface area contributed by atoms with Crippen LogP contribution in [0.2, 0.25) is 0 Å². The van der Waals surface area contributed by atoms with Gasteiger partial charge in [0.15, 0.2) is 0 Å². The molecule has 11 heavy (non-hydrogen) atoms. The highest BCUT2D eigenvalue weighted by molar-refractivity contribution is 5.50. The summed E-state index contributed by atoms with van der Waals surface area (Å²) < 4.78 is 10.0. The fourth-order valence-electron chi connectivity index (χ4n) is 0.598. The van der Waals surface area contributed by atoms with Crippen LogP contribution in [0.5, 0.6) is 0 Å². The Hall–Kier alpha value is -0.410. The zero-order valence-corrected chi connectivity index (χ0v) is 7.04. The molecule has 0 spiro atoms. The molecular weight excluding hydrogens is 144 g/mol. The van der Waals surface area contributed by atoms with Gasteiger partial charge in [-0.25, -0.2) is 0 Å². The third-order valence-electron chi connectivity index (χ3n) is 1.20. The van der Waals surface area contributed by atoms with E-state index in [4.69, 9.17) is 9.47 Å². The van der Waals surface area contributed by atoms with E-state index in [-0.39, 0.29) is 6.61 Å². The van der Waals surface area contributed by atoms with Gasteiger partial charge >= 0.3 is 0 Å². The molecule has 3 nitrogen and oxygen atoms in total. The van der Waals surface area contributed by atoms with Gasteiger partial charge in [0.05, 0.1) is 13.2 Å². The monoisotopic (exact) mass is 160 g/mol. The van der Waals surface area contributed by atoms with Crippen LogP contribution < -0.4 is 0 Å². The average molecular weight is 160 g/mol. The molecule has 0 aliphatic heterocycles. The lowest BCUT2D eigenvalue weighted by Gasteiger charge is -2.01. The van der Waals surface area contributed by atoms with Gasteiger partial charge in [-0.05, 0) is 6.42 Å². The van der Waals surface area contributed by atoms with Gasteiger partial charge in [0, 0.05) is 6.61 Å². The molecule has 0 unspecified atom stereocenters. The molecule has 3 heteroatoms. The second-order valence-corrected chi connectivity index (χ2v) is 2.21. The van der Waals surface area contributed by atoms with Gasteiger partial charge in [-0.3, -0.25) is 0 Å². The Bertz CT molecular complexity index is 83.4. The number of ether oxygens (including phenoxy) is 2. The molecule has 0 heterocycles. The number of hydrogen-bond donors (Lipinski definition) is 0. The Kier molecular flexibility index (Phi) is 9.23. The summed E-state index contributed by atoms with van der Waals surface area (Å²) in [5.74, 6) is 0. The van der Waals surface area contributed by atoms with E-state index in [1.165, 1.54) is 0 Å². The van der Waals surface area contributed by atoms with Crippen molar-refractivity contribution in [3.05, 3.63) is 0 Å². The van der Waals surface area contributed by atoms with Gasteiger partial charge < -0.3 is 14.3 Å². The van der Waals surface area contributed by atoms with Crippen LogP contribution in [-0.2, 0) is 14.3 Å². The van der Waals surface area contributed by atoms with Crippen LogP contribution in [0.15, 0.2) is 0 Å². The molecule has 0 aliphatic carbocycles. The summed E-state index contributed by atoms with van der Waals surface area (Å²) in [6.07, 6.45) is 2.98. The molecule has 0 amide bonds. The van der Waals surface area contributed by atoms with Crippen molar-refractivity contribution < 1.29 is 14.3 Å². The molecule has 0 atom stereocenters. The Morgan fingerprint density at radius 2 is 1.91 bits per heavy atom. The largest absolute Gasteiger partial charge is 0.379 e. The standard InChI is InChI=1S/C8H16O3/c1-2-3-5-10-7-8-11-6-4-9/h4H,2-3,5-8H2,1H3. The number of hydrogen-bond acceptors (Lipinski definition) is 3. The molecule has 0 N–H and O–H groups in total. The summed E-state index contributed by atoms with van der Waals surface area (Å²) in [4.78, 5) is 9.77. The molecule has 0 saturated carbocycles. The molecular formula is C8H16O3. The fourth-order valence-corrected chi connectivity index (χ4v) is 0.598. The number of carbonyl (C=O) groups is 1. The molecule has 0 aromatic heterocycles. The van der Waals surface area contributed by atoms with E-state index in [1.54, 1.807) is 0 Å². The topological polar surface area (TPSA) is 35.5 Å². The molecule has 0 radical (unpaired) electrons. The van der Waals surface area contributed by atoms with Crippen LogP contribution in [0.25, 0.3) is 0 Å². The van der Waals surface area contributed by atoms with Gasteiger partial charge in [-0.2, -0.15) is 0 Å². The zero-order chi connectivity index (χ0) is 8.36. The zero-order valence-electron chi connectivity index (χ0n) is 7.04. The molecule has 0 aliphatic rings. The van der Waals surface area contributed by atoms with Gasteiger partial charge in [0.1, 0.15) is 12.9 Å². The Morgan fingerprint density at radius 1 is 1.18 bits per heavy atom. The van der Waals surface area contributed by atoms with Crippen molar-refractivity contribution in [1.29, 1.82) is 0 Å². The lowest BCUT2D eigenvalue weighted by atomic mass is 10.4. The van der Waals surface area contributed by atoms with Crippen molar-refractivity contribution in [3.63, 3.8) is 0 Å². The SMILES string of the molecule is CCCCOCCOCC=O. The maximum absolute atomic E-state index is 9.77. The summed E-state index contributed by atoms with van der Waals surface area (Å²) in [5.41, 5.74) is 0. The van der Waals surface area contributed by atoms with E-state index < -0.39 is 0 Å². The fraction of sp³-hybridized carbons (Fsp3) is 0.875. The third kappa shape index (κ3) is 9.59. The number of carbonyl (C=O) groups excluding carboxylic acids is 1. The lowest BCUT2D eigenvalue weighted by Crippen LogP contribution is -2.06. The molecule has 0 aromatic carbocycles. The van der Waals surface area contributed by atoms with E-state index >= 15 is 0 Å². The van der Waals surface area contributed by atoms with E-state index in [9.17, 15) is 4.79 Å². The summed E-state index contributed by atoms with van der Waals surface area (Å²) in [6, 6.07) is 0. The van der Waals surface area contributed by atoms with Crippen LogP contribution in [-0.4, -0.2) is 32.7 Å². The van der Waals surface area contributed by atoms with Crippen molar-refractivity contribution in [3.8, 4) is 0 Å². The first-order valence-electron chi connectivity index (χ1n) is 4.01. The van der Waals surface area contributed by atoms with Gasteiger partial charge in [-0.15, -0.1) is 0 Å². The van der Waals surface area contributed by atoms with E-state index in [0.29, 0.717) is 13.2 Å². The van der Waals surface area contributed by atoms with Crippen molar-refractivity contribution in [2.75, 3.05) is 26.4 Å². The van der Waals surface area contributed by atoms with Crippen molar-refractivity contribution in [2.24, 2.45) is 0 Å². The summed E-state index contributed by atoms with van der Waals surface area (Å²) in [6.45, 7) is 4.20. The third-order valence-corrected chi connectivity index (χ3v) is 1.20. The van der Waals surface area contributed by atoms with Crippen LogP contribution >= 0.6 is 0 Å². The Labute approximate surface area is 67.7 Å². The number of unbranched alkanes of at least 4 members (excludes halogenated alkanes) is 1. The van der Waals surface area contributed by atoms with E-state index in [1.807, 2.05) is 0 Å². The Balaban J connectivity index is 2.74. The molecule has 0 saturated heterocycles. The summed E-state index contributed by atoms with van der Waals surface area (Å²) in [7, 11) is 0. The summed E-state index contributed by atoms with van der Waals surface area (Å²) >= 11 is 0. The Morgan fingerprint density at radius 3 is 2.55 bits per heavy atom. The first-order valence-corrected chi connectivity index (χ1v) is 4.01. The van der Waals surface area contributed by atoms with Crippen LogP contribution in [0, 0.1) is 0 Å². The smallest absolute Gasteiger partial charge is 0.145 e. The molecule has 0 bridgehead atoms. The first kappa shape index (κ1) is 10.6. The minimum atomic E-state index is 0.178. The van der Waals surface area contributed by atoms with Crippen LogP contribution in [0.1, 0.15) is 19.8 Å². The molecule has 0 aromatic rings. The summed E-state index contributed by atoms with van der Waals surface area (Å²) in [5, 5.41) is 0. The highest BCUT2D eigenvalue weighted by Crippen LogP contribution is 1.87. The van der Waals surface area contributed by atoms with Gasteiger partial charge in [-0.1, -0.05) is 13.3 Å². The molecule has 66 valence electrons. The second kappa shape index (κ2) is 9.59. The van der Waals surface area contributed by atoms with E-state index in [2.05, 4.69) is 6.92 Å². The predicted octanol–water partition coefficient (Wildman–Crippen LogP) is 1.02. The first-order chi connectivity index (χ1) is 5.41. The average Bonchev–Trinajstić information content (AvgIpc) is 2.03. The second-order valence-electron chi connectivity index (χ2n) is 2.21. The van der Waals surface area contributed by atoms with Crippen molar-refractivity contribution >= 4 is 6.29 Å². The highest BCUT2D eigenvalue weighted by Gasteiger charge is 1.87. The quantitative estimate of drug-likeness (QED) is 0.393. The maximum Gasteiger partial charge on any atom is 0.145 e. The van der Waals surface area contributed by atoms with Crippen LogP contribution in [0.3, 0.4) is 0 Å². The minimum Gasteiger partial charge on any atom is -0.379 e. The minimum absolute atomic E-state index is 0.178. The maximum atomic E-state index is 9.77.